The van der Waals surface area contributed by atoms with Gasteiger partial charge in [-0.3, -0.25) is 0 Å². The van der Waals surface area contributed by atoms with Gasteiger partial charge in [0.05, 0.1) is 0 Å². The van der Waals surface area contributed by atoms with Crippen LogP contribution in [0.3, 0.4) is 0 Å². The molecule has 0 saturated carbocycles. The maximum Gasteiger partial charge on any atom is -0.000960 e. The van der Waals surface area contributed by atoms with Gasteiger partial charge in [0.2, 0.25) is 0 Å². The summed E-state index contributed by atoms with van der Waals surface area (Å²) in [5.74, 6) is 0. The van der Waals surface area contributed by atoms with E-state index in [1.165, 1.54) is 44.5 Å². The van der Waals surface area contributed by atoms with Gasteiger partial charge in [0, 0.05) is 0 Å². The molecule has 0 bridgehead atoms. The van der Waals surface area contributed by atoms with Crippen molar-refractivity contribution in [1.29, 1.82) is 0 Å². The van der Waals surface area contributed by atoms with Gasteiger partial charge in [0.25, 0.3) is 0 Å². The van der Waals surface area contributed by atoms with Crippen molar-refractivity contribution in [3.63, 3.8) is 0 Å². The Kier molecular flexibility index (Phi) is 6.90. The summed E-state index contributed by atoms with van der Waals surface area (Å²) < 4.78 is 0. The standard InChI is InChI=1S/C15H26N2/c1-16(2)12-8-14-17(3)13-7-11-15-9-5-4-6-10-15/h4-6,9-10H,7-8,11-14H2,1-3H3. The molecule has 0 aliphatic heterocycles. The van der Waals surface area contributed by atoms with Crippen molar-refractivity contribution >= 4 is 0 Å². The molecule has 0 radical (unpaired) electrons. The van der Waals surface area contributed by atoms with Gasteiger partial charge >= 0.3 is 0 Å². The van der Waals surface area contributed by atoms with Crippen LogP contribution >= 0.6 is 0 Å². The van der Waals surface area contributed by atoms with E-state index >= 15 is 0 Å². The second-order valence-electron chi connectivity index (χ2n) is 5.05. The van der Waals surface area contributed by atoms with Crippen LogP contribution < -0.4 is 0 Å². The minimum Gasteiger partial charge on any atom is -0.309 e. The predicted molar refractivity (Wildman–Crippen MR) is 75.4 cm³/mol. The highest BCUT2D eigenvalue weighted by Crippen LogP contribution is 2.03. The van der Waals surface area contributed by atoms with Gasteiger partial charge in [0.15, 0.2) is 0 Å². The minimum absolute atomic E-state index is 1.18. The third-order valence-corrected chi connectivity index (χ3v) is 2.99. The van der Waals surface area contributed by atoms with Gasteiger partial charge in [0.1, 0.15) is 0 Å². The van der Waals surface area contributed by atoms with E-state index in [2.05, 4.69) is 61.3 Å². The van der Waals surface area contributed by atoms with Crippen molar-refractivity contribution < 1.29 is 0 Å². The van der Waals surface area contributed by atoms with E-state index in [0.717, 1.165) is 0 Å². The Labute approximate surface area is 106 Å². The average molecular weight is 234 g/mol. The summed E-state index contributed by atoms with van der Waals surface area (Å²) in [6.07, 6.45) is 3.70. The zero-order chi connectivity index (χ0) is 12.5. The number of hydrogen-bond donors (Lipinski definition) is 0. The molecule has 0 fully saturated rings. The van der Waals surface area contributed by atoms with Crippen molar-refractivity contribution in [3.8, 4) is 0 Å². The molecular weight excluding hydrogens is 208 g/mol. The Morgan fingerprint density at radius 3 is 2.12 bits per heavy atom. The van der Waals surface area contributed by atoms with Crippen LogP contribution in [0.25, 0.3) is 0 Å². The van der Waals surface area contributed by atoms with Gasteiger partial charge in [-0.1, -0.05) is 30.3 Å². The molecule has 1 rings (SSSR count). The van der Waals surface area contributed by atoms with E-state index < -0.39 is 0 Å². The molecule has 0 heterocycles. The van der Waals surface area contributed by atoms with E-state index in [1.807, 2.05) is 0 Å². The lowest BCUT2D eigenvalue weighted by Gasteiger charge is -2.17. The molecular formula is C15H26N2. The van der Waals surface area contributed by atoms with Crippen molar-refractivity contribution in [2.24, 2.45) is 0 Å². The van der Waals surface area contributed by atoms with Gasteiger partial charge in [-0.2, -0.15) is 0 Å². The van der Waals surface area contributed by atoms with Crippen LogP contribution in [0.5, 0.6) is 0 Å². The van der Waals surface area contributed by atoms with Crippen molar-refractivity contribution in [3.05, 3.63) is 35.9 Å². The molecule has 0 aromatic heterocycles. The molecule has 1 aromatic carbocycles. The summed E-state index contributed by atoms with van der Waals surface area (Å²) >= 11 is 0. The normalized spacial score (nSPS) is 11.4. The Morgan fingerprint density at radius 2 is 1.47 bits per heavy atom. The average Bonchev–Trinajstić information content (AvgIpc) is 2.30. The lowest BCUT2D eigenvalue weighted by atomic mass is 10.1. The van der Waals surface area contributed by atoms with E-state index in [1.54, 1.807) is 0 Å². The second-order valence-corrected chi connectivity index (χ2v) is 5.05. The SMILES string of the molecule is CN(C)CCCN(C)CCCc1ccccc1. The molecule has 0 spiro atoms. The molecule has 0 aliphatic rings. The predicted octanol–water partition coefficient (Wildman–Crippen LogP) is 2.50. The van der Waals surface area contributed by atoms with Gasteiger partial charge in [-0.05, 0) is 65.6 Å². The lowest BCUT2D eigenvalue weighted by Crippen LogP contribution is -2.24. The van der Waals surface area contributed by atoms with Crippen molar-refractivity contribution in [2.75, 3.05) is 40.8 Å². The van der Waals surface area contributed by atoms with E-state index in [0.29, 0.717) is 0 Å². The maximum atomic E-state index is 2.44. The quantitative estimate of drug-likeness (QED) is 0.682. The molecule has 0 atom stereocenters. The largest absolute Gasteiger partial charge is 0.309 e. The fourth-order valence-electron chi connectivity index (χ4n) is 1.97. The van der Waals surface area contributed by atoms with Crippen LogP contribution in [0.1, 0.15) is 18.4 Å². The molecule has 0 amide bonds. The number of rotatable bonds is 8. The summed E-state index contributed by atoms with van der Waals surface area (Å²) in [6.45, 7) is 3.58. The summed E-state index contributed by atoms with van der Waals surface area (Å²) in [5.41, 5.74) is 1.45. The van der Waals surface area contributed by atoms with Gasteiger partial charge < -0.3 is 9.80 Å². The molecule has 0 aliphatic carbocycles. The molecule has 1 aromatic rings. The van der Waals surface area contributed by atoms with Crippen LogP contribution in [0.15, 0.2) is 30.3 Å². The van der Waals surface area contributed by atoms with E-state index in [9.17, 15) is 0 Å². The lowest BCUT2D eigenvalue weighted by molar-refractivity contribution is 0.297. The number of hydrogen-bond acceptors (Lipinski definition) is 2. The Morgan fingerprint density at radius 1 is 0.824 bits per heavy atom. The fourth-order valence-corrected chi connectivity index (χ4v) is 1.97. The van der Waals surface area contributed by atoms with Gasteiger partial charge in [-0.15, -0.1) is 0 Å². The van der Waals surface area contributed by atoms with Crippen molar-refractivity contribution in [1.82, 2.24) is 9.80 Å². The summed E-state index contributed by atoms with van der Waals surface area (Å²) in [4.78, 5) is 4.68. The zero-order valence-electron chi connectivity index (χ0n) is 11.5. The zero-order valence-corrected chi connectivity index (χ0v) is 11.5. The highest BCUT2D eigenvalue weighted by molar-refractivity contribution is 5.14. The monoisotopic (exact) mass is 234 g/mol. The second kappa shape index (κ2) is 8.26. The van der Waals surface area contributed by atoms with Crippen LogP contribution in [0.2, 0.25) is 0 Å². The van der Waals surface area contributed by atoms with Crippen LogP contribution in [0, 0.1) is 0 Å². The number of nitrogens with zero attached hydrogens (tertiary/aromatic N) is 2. The molecule has 17 heavy (non-hydrogen) atoms. The first kappa shape index (κ1) is 14.2. The summed E-state index contributed by atoms with van der Waals surface area (Å²) in [5, 5.41) is 0. The molecule has 2 nitrogen and oxygen atoms in total. The number of benzene rings is 1. The Balaban J connectivity index is 2.06. The maximum absolute atomic E-state index is 2.44. The Hall–Kier alpha value is -0.860. The Bertz CT molecular complexity index is 282. The van der Waals surface area contributed by atoms with Crippen molar-refractivity contribution in [2.45, 2.75) is 19.3 Å². The van der Waals surface area contributed by atoms with Gasteiger partial charge in [-0.25, -0.2) is 0 Å². The molecule has 96 valence electrons. The number of aryl methyl sites for hydroxylation is 1. The topological polar surface area (TPSA) is 6.48 Å². The molecule has 0 saturated heterocycles. The van der Waals surface area contributed by atoms with E-state index in [-0.39, 0.29) is 0 Å². The summed E-state index contributed by atoms with van der Waals surface area (Å²) in [7, 11) is 6.49. The van der Waals surface area contributed by atoms with E-state index in [4.69, 9.17) is 0 Å². The van der Waals surface area contributed by atoms with Crippen LogP contribution in [0.4, 0.5) is 0 Å². The first-order valence-electron chi connectivity index (χ1n) is 6.55. The summed E-state index contributed by atoms with van der Waals surface area (Å²) in [6, 6.07) is 10.8. The third-order valence-electron chi connectivity index (χ3n) is 2.99. The van der Waals surface area contributed by atoms with Crippen LogP contribution in [-0.4, -0.2) is 50.6 Å². The highest BCUT2D eigenvalue weighted by Gasteiger charge is 1.99. The molecule has 0 N–H and O–H groups in total. The minimum atomic E-state index is 1.18. The first-order chi connectivity index (χ1) is 8.18. The smallest absolute Gasteiger partial charge is 0.000960 e. The fraction of sp³-hybridized carbons (Fsp3) is 0.600. The molecule has 0 unspecified atom stereocenters. The highest BCUT2D eigenvalue weighted by atomic mass is 15.1. The third kappa shape index (κ3) is 7.14. The molecule has 2 heteroatoms. The first-order valence-corrected chi connectivity index (χ1v) is 6.55. The van der Waals surface area contributed by atoms with Crippen LogP contribution in [-0.2, 0) is 6.42 Å².